The summed E-state index contributed by atoms with van der Waals surface area (Å²) in [6.45, 7) is 5.11. The maximum Gasteiger partial charge on any atom is 0.371 e. The Kier molecular flexibility index (Phi) is 4.74. The molecule has 0 aliphatic rings. The molecule has 0 saturated heterocycles. The molecule has 0 unspecified atom stereocenters. The molecule has 0 aromatic heterocycles. The number of ether oxygens (including phenoxy) is 1. The van der Waals surface area contributed by atoms with Gasteiger partial charge in [-0.1, -0.05) is 0 Å². The third kappa shape index (κ3) is 7.10. The number of hydrogen-bond acceptors (Lipinski definition) is 3. The Balaban J connectivity index is 0. The first-order valence-electron chi connectivity index (χ1n) is 2.64. The van der Waals surface area contributed by atoms with E-state index in [-0.39, 0.29) is 11.8 Å². The highest BCUT2D eigenvalue weighted by molar-refractivity contribution is 6.20. The standard InChI is InChI=1S/C6H10O3.H2O/c1-6(2,3)9-5(8)4-7;/h4H,1-3H3;1H2. The van der Waals surface area contributed by atoms with Crippen LogP contribution in [0.1, 0.15) is 20.8 Å². The number of carbonyl (C=O) groups is 2. The van der Waals surface area contributed by atoms with Crippen molar-refractivity contribution in [2.75, 3.05) is 0 Å². The lowest BCUT2D eigenvalue weighted by molar-refractivity contribution is -0.157. The Morgan fingerprint density at radius 1 is 1.40 bits per heavy atom. The summed E-state index contributed by atoms with van der Waals surface area (Å²) in [4.78, 5) is 19.9. The predicted molar refractivity (Wildman–Crippen MR) is 35.5 cm³/mol. The maximum atomic E-state index is 10.2. The Hall–Kier alpha value is -0.900. The zero-order chi connectivity index (χ0) is 7.49. The number of carbonyl (C=O) groups excluding carboxylic acids is 2. The molecule has 60 valence electrons. The van der Waals surface area contributed by atoms with E-state index in [4.69, 9.17) is 0 Å². The quantitative estimate of drug-likeness (QED) is 0.291. The van der Waals surface area contributed by atoms with Gasteiger partial charge in [-0.05, 0) is 20.8 Å². The molecule has 0 saturated carbocycles. The average molecular weight is 148 g/mol. The van der Waals surface area contributed by atoms with Crippen molar-refractivity contribution in [1.82, 2.24) is 0 Å². The van der Waals surface area contributed by atoms with Crippen molar-refractivity contribution >= 4 is 12.3 Å². The van der Waals surface area contributed by atoms with Gasteiger partial charge in [0, 0.05) is 0 Å². The average Bonchev–Trinajstić information content (AvgIpc) is 1.62. The number of aldehydes is 1. The van der Waals surface area contributed by atoms with Crippen molar-refractivity contribution in [3.63, 3.8) is 0 Å². The summed E-state index contributed by atoms with van der Waals surface area (Å²) in [6.07, 6.45) is 0.158. The molecular weight excluding hydrogens is 136 g/mol. The fourth-order valence-corrected chi connectivity index (χ4v) is 0.326. The van der Waals surface area contributed by atoms with Crippen LogP contribution in [0.5, 0.6) is 0 Å². The molecule has 0 rings (SSSR count). The molecule has 0 aromatic carbocycles. The number of hydrogen-bond donors (Lipinski definition) is 0. The molecule has 0 aliphatic heterocycles. The van der Waals surface area contributed by atoms with Crippen molar-refractivity contribution < 1.29 is 19.8 Å². The molecule has 0 amide bonds. The Morgan fingerprint density at radius 2 is 1.80 bits per heavy atom. The molecular formula is C6H12O4. The van der Waals surface area contributed by atoms with Gasteiger partial charge in [0.15, 0.2) is 0 Å². The van der Waals surface area contributed by atoms with Gasteiger partial charge in [-0.15, -0.1) is 0 Å². The second-order valence-corrected chi connectivity index (χ2v) is 2.65. The minimum absolute atomic E-state index is 0. The molecule has 2 N–H and O–H groups in total. The monoisotopic (exact) mass is 148 g/mol. The first-order valence-corrected chi connectivity index (χ1v) is 2.64. The van der Waals surface area contributed by atoms with Crippen LogP contribution in [0.3, 0.4) is 0 Å². The molecule has 0 spiro atoms. The summed E-state index contributed by atoms with van der Waals surface area (Å²) < 4.78 is 4.58. The van der Waals surface area contributed by atoms with Crippen LogP contribution in [0.2, 0.25) is 0 Å². The van der Waals surface area contributed by atoms with Gasteiger partial charge < -0.3 is 10.2 Å². The summed E-state index contributed by atoms with van der Waals surface area (Å²) in [5, 5.41) is 0. The van der Waals surface area contributed by atoms with Crippen LogP contribution in [0.25, 0.3) is 0 Å². The van der Waals surface area contributed by atoms with Crippen molar-refractivity contribution in [3.05, 3.63) is 0 Å². The third-order valence-corrected chi connectivity index (χ3v) is 0.503. The minimum atomic E-state index is -0.817. The topological polar surface area (TPSA) is 74.9 Å². The smallest absolute Gasteiger partial charge is 0.371 e. The minimum Gasteiger partial charge on any atom is -0.454 e. The van der Waals surface area contributed by atoms with E-state index in [9.17, 15) is 9.59 Å². The van der Waals surface area contributed by atoms with E-state index in [1.807, 2.05) is 0 Å². The van der Waals surface area contributed by atoms with E-state index in [0.717, 1.165) is 0 Å². The molecule has 10 heavy (non-hydrogen) atoms. The zero-order valence-corrected chi connectivity index (χ0v) is 6.30. The van der Waals surface area contributed by atoms with Gasteiger partial charge in [-0.2, -0.15) is 0 Å². The van der Waals surface area contributed by atoms with E-state index in [0.29, 0.717) is 0 Å². The summed E-state index contributed by atoms with van der Waals surface area (Å²) in [6, 6.07) is 0. The van der Waals surface area contributed by atoms with Crippen LogP contribution in [0, 0.1) is 0 Å². The van der Waals surface area contributed by atoms with E-state index in [1.54, 1.807) is 20.8 Å². The molecule has 0 fully saturated rings. The number of rotatable bonds is 1. The SMILES string of the molecule is CC(C)(C)OC(=O)C=O.O. The first-order chi connectivity index (χ1) is 3.95. The van der Waals surface area contributed by atoms with Gasteiger partial charge in [0.1, 0.15) is 5.60 Å². The van der Waals surface area contributed by atoms with E-state index < -0.39 is 11.6 Å². The van der Waals surface area contributed by atoms with Crippen LogP contribution in [0.15, 0.2) is 0 Å². The Bertz CT molecular complexity index is 122. The highest BCUT2D eigenvalue weighted by atomic mass is 16.6. The van der Waals surface area contributed by atoms with Gasteiger partial charge in [-0.3, -0.25) is 4.79 Å². The van der Waals surface area contributed by atoms with Gasteiger partial charge in [0.25, 0.3) is 0 Å². The predicted octanol–water partition coefficient (Wildman–Crippen LogP) is -0.298. The zero-order valence-electron chi connectivity index (χ0n) is 6.30. The van der Waals surface area contributed by atoms with Crippen molar-refractivity contribution in [1.29, 1.82) is 0 Å². The third-order valence-electron chi connectivity index (χ3n) is 0.503. The highest BCUT2D eigenvalue weighted by Crippen LogP contribution is 2.05. The molecule has 4 heteroatoms. The fourth-order valence-electron chi connectivity index (χ4n) is 0.326. The lowest BCUT2D eigenvalue weighted by Gasteiger charge is -2.16. The summed E-state index contributed by atoms with van der Waals surface area (Å²) in [5.74, 6) is -0.817. The lowest BCUT2D eigenvalue weighted by atomic mass is 10.2. The van der Waals surface area contributed by atoms with Crippen molar-refractivity contribution in [2.24, 2.45) is 0 Å². The highest BCUT2D eigenvalue weighted by Gasteiger charge is 2.14. The number of esters is 1. The summed E-state index contributed by atoms with van der Waals surface area (Å²) in [5.41, 5.74) is -0.558. The maximum absolute atomic E-state index is 10.2. The van der Waals surface area contributed by atoms with E-state index in [1.165, 1.54) is 0 Å². The van der Waals surface area contributed by atoms with Crippen molar-refractivity contribution in [3.8, 4) is 0 Å². The Labute approximate surface area is 59.5 Å². The second-order valence-electron chi connectivity index (χ2n) is 2.65. The lowest BCUT2D eigenvalue weighted by Crippen LogP contribution is -2.24. The molecule has 0 aliphatic carbocycles. The molecule has 0 atom stereocenters. The van der Waals surface area contributed by atoms with E-state index >= 15 is 0 Å². The molecule has 4 nitrogen and oxygen atoms in total. The van der Waals surface area contributed by atoms with Crippen LogP contribution in [-0.2, 0) is 14.3 Å². The fraction of sp³-hybridized carbons (Fsp3) is 0.667. The van der Waals surface area contributed by atoms with Crippen LogP contribution >= 0.6 is 0 Å². The van der Waals surface area contributed by atoms with Crippen LogP contribution in [0.4, 0.5) is 0 Å². The van der Waals surface area contributed by atoms with Gasteiger partial charge in [0.05, 0.1) is 0 Å². The van der Waals surface area contributed by atoms with Crippen LogP contribution < -0.4 is 0 Å². The largest absolute Gasteiger partial charge is 0.454 e. The van der Waals surface area contributed by atoms with Gasteiger partial charge in [0.2, 0.25) is 6.29 Å². The van der Waals surface area contributed by atoms with Gasteiger partial charge in [-0.25, -0.2) is 4.79 Å². The Morgan fingerprint density at radius 3 is 1.90 bits per heavy atom. The summed E-state index contributed by atoms with van der Waals surface area (Å²) in [7, 11) is 0. The van der Waals surface area contributed by atoms with E-state index in [2.05, 4.69) is 4.74 Å². The first kappa shape index (κ1) is 11.8. The molecule has 0 heterocycles. The molecule has 0 bridgehead atoms. The normalized spacial score (nSPS) is 9.50. The summed E-state index contributed by atoms with van der Waals surface area (Å²) >= 11 is 0. The molecule has 0 aromatic rings. The second kappa shape index (κ2) is 4.00. The van der Waals surface area contributed by atoms with Gasteiger partial charge >= 0.3 is 5.97 Å². The van der Waals surface area contributed by atoms with Crippen LogP contribution in [-0.4, -0.2) is 23.3 Å². The van der Waals surface area contributed by atoms with Crippen molar-refractivity contribution in [2.45, 2.75) is 26.4 Å². The molecule has 0 radical (unpaired) electrons.